The van der Waals surface area contributed by atoms with Gasteiger partial charge in [0.15, 0.2) is 11.5 Å². The summed E-state index contributed by atoms with van der Waals surface area (Å²) >= 11 is 0. The highest BCUT2D eigenvalue weighted by molar-refractivity contribution is 5.44. The zero-order valence-electron chi connectivity index (χ0n) is 11.6. The SMILES string of the molecule is N[C@@H](Cc1cc2c(cc1F)OCCO2)CN1CCCC1. The lowest BCUT2D eigenvalue weighted by Gasteiger charge is -2.22. The predicted molar refractivity (Wildman–Crippen MR) is 74.7 cm³/mol. The van der Waals surface area contributed by atoms with Crippen LogP contribution in [0.3, 0.4) is 0 Å². The van der Waals surface area contributed by atoms with Crippen LogP contribution in [0.2, 0.25) is 0 Å². The maximum Gasteiger partial charge on any atom is 0.164 e. The van der Waals surface area contributed by atoms with Gasteiger partial charge >= 0.3 is 0 Å². The van der Waals surface area contributed by atoms with Gasteiger partial charge in [-0.3, -0.25) is 0 Å². The molecule has 1 aromatic rings. The van der Waals surface area contributed by atoms with Crippen LogP contribution in [0.4, 0.5) is 4.39 Å². The molecule has 2 heterocycles. The largest absolute Gasteiger partial charge is 0.486 e. The Hall–Kier alpha value is -1.33. The van der Waals surface area contributed by atoms with Crippen molar-refractivity contribution >= 4 is 0 Å². The van der Waals surface area contributed by atoms with E-state index < -0.39 is 0 Å². The molecule has 0 amide bonds. The Kier molecular flexibility index (Phi) is 4.08. The van der Waals surface area contributed by atoms with Crippen LogP contribution < -0.4 is 15.2 Å². The maximum absolute atomic E-state index is 14.0. The van der Waals surface area contributed by atoms with Gasteiger partial charge in [-0.15, -0.1) is 0 Å². The van der Waals surface area contributed by atoms with E-state index in [-0.39, 0.29) is 11.9 Å². The number of ether oxygens (including phenoxy) is 2. The molecule has 1 aromatic carbocycles. The summed E-state index contributed by atoms with van der Waals surface area (Å²) in [6.07, 6.45) is 3.01. The fourth-order valence-electron chi connectivity index (χ4n) is 2.91. The molecule has 0 radical (unpaired) electrons. The first kappa shape index (κ1) is 13.6. The molecule has 5 heteroatoms. The molecule has 2 aliphatic heterocycles. The Labute approximate surface area is 118 Å². The number of likely N-dealkylation sites (tertiary alicyclic amines) is 1. The average molecular weight is 280 g/mol. The number of fused-ring (bicyclic) bond motifs is 1. The summed E-state index contributed by atoms with van der Waals surface area (Å²) in [5.41, 5.74) is 6.76. The lowest BCUT2D eigenvalue weighted by molar-refractivity contribution is 0.170. The zero-order chi connectivity index (χ0) is 13.9. The predicted octanol–water partition coefficient (Wildman–Crippen LogP) is 1.56. The van der Waals surface area contributed by atoms with E-state index in [4.69, 9.17) is 15.2 Å². The van der Waals surface area contributed by atoms with Crippen molar-refractivity contribution in [2.75, 3.05) is 32.8 Å². The second kappa shape index (κ2) is 5.97. The maximum atomic E-state index is 14.0. The van der Waals surface area contributed by atoms with Gasteiger partial charge < -0.3 is 20.1 Å². The molecule has 0 aromatic heterocycles. The van der Waals surface area contributed by atoms with Crippen molar-refractivity contribution in [3.8, 4) is 11.5 Å². The summed E-state index contributed by atoms with van der Waals surface area (Å²) in [6, 6.07) is 3.09. The standard InChI is InChI=1S/C15H21FN2O2/c16-13-9-15-14(19-5-6-20-15)8-11(13)7-12(17)10-18-3-1-2-4-18/h8-9,12H,1-7,10,17H2/t12-/m0/s1. The Morgan fingerprint density at radius 3 is 2.50 bits per heavy atom. The first-order chi connectivity index (χ1) is 9.72. The molecular weight excluding hydrogens is 259 g/mol. The summed E-state index contributed by atoms with van der Waals surface area (Å²) in [4.78, 5) is 2.35. The van der Waals surface area contributed by atoms with Crippen molar-refractivity contribution in [2.45, 2.75) is 25.3 Å². The van der Waals surface area contributed by atoms with Crippen LogP contribution in [0.5, 0.6) is 11.5 Å². The Morgan fingerprint density at radius 2 is 1.80 bits per heavy atom. The highest BCUT2D eigenvalue weighted by atomic mass is 19.1. The molecule has 0 unspecified atom stereocenters. The lowest BCUT2D eigenvalue weighted by atomic mass is 10.0. The number of benzene rings is 1. The van der Waals surface area contributed by atoms with E-state index in [0.29, 0.717) is 36.7 Å². The number of nitrogens with zero attached hydrogens (tertiary/aromatic N) is 1. The van der Waals surface area contributed by atoms with Gasteiger partial charge in [-0.25, -0.2) is 4.39 Å². The summed E-state index contributed by atoms with van der Waals surface area (Å²) < 4.78 is 24.9. The number of nitrogens with two attached hydrogens (primary N) is 1. The minimum atomic E-state index is -0.258. The first-order valence-electron chi connectivity index (χ1n) is 7.28. The summed E-state index contributed by atoms with van der Waals surface area (Å²) in [7, 11) is 0. The summed E-state index contributed by atoms with van der Waals surface area (Å²) in [6.45, 7) is 4.03. The second-order valence-electron chi connectivity index (χ2n) is 5.56. The van der Waals surface area contributed by atoms with E-state index in [9.17, 15) is 4.39 Å². The third-order valence-corrected chi connectivity index (χ3v) is 3.88. The average Bonchev–Trinajstić information content (AvgIpc) is 2.92. The van der Waals surface area contributed by atoms with E-state index >= 15 is 0 Å². The molecule has 0 saturated carbocycles. The van der Waals surface area contributed by atoms with Gasteiger partial charge in [-0.05, 0) is 44.0 Å². The molecule has 4 nitrogen and oxygen atoms in total. The summed E-state index contributed by atoms with van der Waals surface area (Å²) in [5.74, 6) is 0.859. The van der Waals surface area contributed by atoms with Crippen LogP contribution in [0.25, 0.3) is 0 Å². The van der Waals surface area contributed by atoms with Crippen molar-refractivity contribution in [1.82, 2.24) is 4.90 Å². The molecule has 0 spiro atoms. The van der Waals surface area contributed by atoms with E-state index in [2.05, 4.69) is 4.90 Å². The highest BCUT2D eigenvalue weighted by Gasteiger charge is 2.19. The Balaban J connectivity index is 1.66. The second-order valence-corrected chi connectivity index (χ2v) is 5.56. The number of hydrogen-bond acceptors (Lipinski definition) is 4. The number of rotatable bonds is 4. The third-order valence-electron chi connectivity index (χ3n) is 3.88. The van der Waals surface area contributed by atoms with Crippen LogP contribution in [0, 0.1) is 5.82 Å². The van der Waals surface area contributed by atoms with Crippen molar-refractivity contribution in [2.24, 2.45) is 5.73 Å². The van der Waals surface area contributed by atoms with Gasteiger partial charge in [0.05, 0.1) is 0 Å². The van der Waals surface area contributed by atoms with Gasteiger partial charge in [-0.2, -0.15) is 0 Å². The molecule has 1 saturated heterocycles. The molecule has 0 bridgehead atoms. The zero-order valence-corrected chi connectivity index (χ0v) is 11.6. The van der Waals surface area contributed by atoms with Gasteiger partial charge in [0.2, 0.25) is 0 Å². The topological polar surface area (TPSA) is 47.7 Å². The number of hydrogen-bond donors (Lipinski definition) is 1. The molecular formula is C15H21FN2O2. The van der Waals surface area contributed by atoms with E-state index in [1.807, 2.05) is 0 Å². The van der Waals surface area contributed by atoms with Gasteiger partial charge in [-0.1, -0.05) is 0 Å². The molecule has 2 N–H and O–H groups in total. The monoisotopic (exact) mass is 280 g/mol. The van der Waals surface area contributed by atoms with Crippen molar-refractivity contribution < 1.29 is 13.9 Å². The van der Waals surface area contributed by atoms with Crippen LogP contribution >= 0.6 is 0 Å². The van der Waals surface area contributed by atoms with Crippen LogP contribution in [-0.2, 0) is 6.42 Å². The normalized spacial score (nSPS) is 20.1. The quantitative estimate of drug-likeness (QED) is 0.909. The number of halogens is 1. The van der Waals surface area contributed by atoms with Crippen molar-refractivity contribution in [3.63, 3.8) is 0 Å². The lowest BCUT2D eigenvalue weighted by Crippen LogP contribution is -2.37. The van der Waals surface area contributed by atoms with Crippen LogP contribution in [-0.4, -0.2) is 43.8 Å². The fraction of sp³-hybridized carbons (Fsp3) is 0.600. The van der Waals surface area contributed by atoms with Gasteiger partial charge in [0, 0.05) is 18.7 Å². The molecule has 20 heavy (non-hydrogen) atoms. The Morgan fingerprint density at radius 1 is 1.15 bits per heavy atom. The third kappa shape index (κ3) is 3.04. The van der Waals surface area contributed by atoms with Crippen molar-refractivity contribution in [1.29, 1.82) is 0 Å². The highest BCUT2D eigenvalue weighted by Crippen LogP contribution is 2.33. The molecule has 1 atom stereocenters. The first-order valence-corrected chi connectivity index (χ1v) is 7.28. The smallest absolute Gasteiger partial charge is 0.164 e. The van der Waals surface area contributed by atoms with Crippen LogP contribution in [0.1, 0.15) is 18.4 Å². The molecule has 1 fully saturated rings. The minimum Gasteiger partial charge on any atom is -0.486 e. The molecule has 110 valence electrons. The van der Waals surface area contributed by atoms with Gasteiger partial charge in [0.1, 0.15) is 19.0 Å². The molecule has 3 rings (SSSR count). The fourth-order valence-corrected chi connectivity index (χ4v) is 2.91. The van der Waals surface area contributed by atoms with Gasteiger partial charge in [0.25, 0.3) is 0 Å². The summed E-state index contributed by atoms with van der Waals surface area (Å²) in [5, 5.41) is 0. The molecule has 2 aliphatic rings. The minimum absolute atomic E-state index is 0.0508. The van der Waals surface area contributed by atoms with E-state index in [0.717, 1.165) is 19.6 Å². The Bertz CT molecular complexity index is 475. The van der Waals surface area contributed by atoms with E-state index in [1.54, 1.807) is 6.07 Å². The van der Waals surface area contributed by atoms with Crippen molar-refractivity contribution in [3.05, 3.63) is 23.5 Å². The molecule has 0 aliphatic carbocycles. The van der Waals surface area contributed by atoms with Crippen LogP contribution in [0.15, 0.2) is 12.1 Å². The van der Waals surface area contributed by atoms with E-state index in [1.165, 1.54) is 18.9 Å².